The number of hydrazine groups is 1. The number of amides is 1. The molecule has 0 saturated carbocycles. The molecule has 0 bridgehead atoms. The highest BCUT2D eigenvalue weighted by atomic mass is 16.5. The number of carbonyl (C=O) groups excluding carboxylic acids is 2. The van der Waals surface area contributed by atoms with Crippen molar-refractivity contribution in [2.75, 3.05) is 26.3 Å². The van der Waals surface area contributed by atoms with Gasteiger partial charge in [0.25, 0.3) is 5.91 Å². The molecule has 0 spiro atoms. The Hall–Kier alpha value is -2.01. The number of nitrogens with one attached hydrogen (secondary N) is 1. The summed E-state index contributed by atoms with van der Waals surface area (Å²) < 4.78 is 5.18. The van der Waals surface area contributed by atoms with E-state index in [0.29, 0.717) is 32.0 Å². The van der Waals surface area contributed by atoms with Crippen molar-refractivity contribution in [2.24, 2.45) is 0 Å². The molecule has 0 aromatic carbocycles. The van der Waals surface area contributed by atoms with Crippen LogP contribution in [0.4, 0.5) is 0 Å². The van der Waals surface area contributed by atoms with Crippen molar-refractivity contribution >= 4 is 11.8 Å². The number of aromatic nitrogens is 1. The van der Waals surface area contributed by atoms with Crippen LogP contribution in [0.5, 0.6) is 0 Å². The van der Waals surface area contributed by atoms with Gasteiger partial charge in [0.1, 0.15) is 11.5 Å². The van der Waals surface area contributed by atoms with Crippen molar-refractivity contribution in [3.63, 3.8) is 0 Å². The molecule has 1 aliphatic rings. The highest BCUT2D eigenvalue weighted by Gasteiger charge is 2.17. The van der Waals surface area contributed by atoms with Crippen molar-refractivity contribution in [1.82, 2.24) is 15.4 Å². The average molecular weight is 261 g/mol. The maximum Gasteiger partial charge on any atom is 0.273 e. The van der Waals surface area contributed by atoms with E-state index in [1.54, 1.807) is 29.3 Å². The zero-order valence-electron chi connectivity index (χ0n) is 10.5. The van der Waals surface area contributed by atoms with Crippen molar-refractivity contribution < 1.29 is 14.3 Å². The van der Waals surface area contributed by atoms with Gasteiger partial charge in [0.15, 0.2) is 0 Å². The number of nitrogens with zero attached hydrogens (tertiary/aromatic N) is 2. The predicted molar refractivity (Wildman–Crippen MR) is 67.7 cm³/mol. The number of ether oxygens (including phenoxy) is 1. The monoisotopic (exact) mass is 261 g/mol. The van der Waals surface area contributed by atoms with Crippen molar-refractivity contribution in [2.45, 2.75) is 6.42 Å². The Morgan fingerprint density at radius 1 is 1.42 bits per heavy atom. The van der Waals surface area contributed by atoms with Crippen LogP contribution in [0.1, 0.15) is 5.69 Å². The molecule has 1 amide bonds. The van der Waals surface area contributed by atoms with Crippen LogP contribution in [0.15, 0.2) is 30.0 Å². The van der Waals surface area contributed by atoms with Crippen molar-refractivity contribution in [1.29, 1.82) is 0 Å². The SMILES string of the molecule is O=C=C(Cc1ccccn1)C(=O)NN1CCOCC1. The van der Waals surface area contributed by atoms with E-state index in [0.717, 1.165) is 0 Å². The van der Waals surface area contributed by atoms with Gasteiger partial charge in [0.05, 0.1) is 13.2 Å². The van der Waals surface area contributed by atoms with E-state index in [-0.39, 0.29) is 12.0 Å². The molecule has 1 aliphatic heterocycles. The van der Waals surface area contributed by atoms with Gasteiger partial charge in [-0.15, -0.1) is 0 Å². The highest BCUT2D eigenvalue weighted by Crippen LogP contribution is 2.03. The van der Waals surface area contributed by atoms with Gasteiger partial charge in [-0.1, -0.05) is 6.07 Å². The Bertz CT molecular complexity index is 477. The summed E-state index contributed by atoms with van der Waals surface area (Å²) in [6.45, 7) is 2.37. The summed E-state index contributed by atoms with van der Waals surface area (Å²) in [5.74, 6) is 1.27. The van der Waals surface area contributed by atoms with E-state index in [4.69, 9.17) is 4.74 Å². The van der Waals surface area contributed by atoms with Crippen LogP contribution in [-0.2, 0) is 20.7 Å². The minimum absolute atomic E-state index is 0.0465. The fraction of sp³-hybridized carbons (Fsp3) is 0.385. The maximum absolute atomic E-state index is 11.9. The molecule has 6 nitrogen and oxygen atoms in total. The summed E-state index contributed by atoms with van der Waals surface area (Å²) in [7, 11) is 0. The molecule has 6 heteroatoms. The zero-order chi connectivity index (χ0) is 13.5. The molecule has 1 aromatic rings. The molecule has 1 saturated heterocycles. The molecular weight excluding hydrogens is 246 g/mol. The number of carbonyl (C=O) groups is 1. The Labute approximate surface area is 111 Å². The fourth-order valence-electron chi connectivity index (χ4n) is 1.73. The normalized spacial score (nSPS) is 15.6. The summed E-state index contributed by atoms with van der Waals surface area (Å²) in [5, 5.41) is 1.74. The second-order valence-electron chi connectivity index (χ2n) is 4.12. The van der Waals surface area contributed by atoms with Gasteiger partial charge >= 0.3 is 0 Å². The molecule has 1 aromatic heterocycles. The second kappa shape index (κ2) is 6.80. The van der Waals surface area contributed by atoms with Gasteiger partial charge in [-0.3, -0.25) is 15.2 Å². The number of rotatable bonds is 4. The molecular formula is C13H15N3O3. The van der Waals surface area contributed by atoms with Crippen LogP contribution in [0.25, 0.3) is 0 Å². The third kappa shape index (κ3) is 3.99. The maximum atomic E-state index is 11.9. The first-order valence-corrected chi connectivity index (χ1v) is 6.07. The summed E-state index contributed by atoms with van der Waals surface area (Å²) in [6, 6.07) is 5.35. The molecule has 1 fully saturated rings. The quantitative estimate of drug-likeness (QED) is 0.597. The molecule has 2 heterocycles. The molecule has 1 N–H and O–H groups in total. The van der Waals surface area contributed by atoms with Crippen molar-refractivity contribution in [3.05, 3.63) is 35.7 Å². The lowest BCUT2D eigenvalue weighted by atomic mass is 10.1. The highest BCUT2D eigenvalue weighted by molar-refractivity contribution is 6.00. The van der Waals surface area contributed by atoms with Crippen LogP contribution >= 0.6 is 0 Å². The van der Waals surface area contributed by atoms with Gasteiger partial charge in [-0.25, -0.2) is 9.80 Å². The Morgan fingerprint density at radius 2 is 2.21 bits per heavy atom. The fourth-order valence-corrected chi connectivity index (χ4v) is 1.73. The summed E-state index contributed by atoms with van der Waals surface area (Å²) in [6.07, 6.45) is 1.80. The van der Waals surface area contributed by atoms with Gasteiger partial charge in [0.2, 0.25) is 0 Å². The molecule has 2 rings (SSSR count). The second-order valence-corrected chi connectivity index (χ2v) is 4.12. The van der Waals surface area contributed by atoms with Gasteiger partial charge in [-0.05, 0) is 12.1 Å². The Balaban J connectivity index is 1.94. The van der Waals surface area contributed by atoms with E-state index < -0.39 is 5.91 Å². The van der Waals surface area contributed by atoms with Crippen LogP contribution in [0.3, 0.4) is 0 Å². The standard InChI is InChI=1S/C13H15N3O3/c17-10-11(9-12-3-1-2-4-14-12)13(18)15-16-5-7-19-8-6-16/h1-4H,5-9H2,(H,15,18). The first-order valence-electron chi connectivity index (χ1n) is 6.07. The lowest BCUT2D eigenvalue weighted by molar-refractivity contribution is -0.124. The van der Waals surface area contributed by atoms with Crippen LogP contribution < -0.4 is 5.43 Å². The van der Waals surface area contributed by atoms with E-state index in [1.807, 2.05) is 6.07 Å². The Morgan fingerprint density at radius 3 is 2.84 bits per heavy atom. The van der Waals surface area contributed by atoms with Gasteiger partial charge < -0.3 is 4.74 Å². The van der Waals surface area contributed by atoms with Gasteiger partial charge in [0, 0.05) is 31.4 Å². The predicted octanol–water partition coefficient (Wildman–Crippen LogP) is -0.255. The first kappa shape index (κ1) is 13.4. The summed E-state index contributed by atoms with van der Waals surface area (Å²) in [4.78, 5) is 26.9. The van der Waals surface area contributed by atoms with Gasteiger partial charge in [-0.2, -0.15) is 0 Å². The molecule has 0 radical (unpaired) electrons. The summed E-state index contributed by atoms with van der Waals surface area (Å²) >= 11 is 0. The minimum atomic E-state index is -0.428. The number of hydrogen-bond acceptors (Lipinski definition) is 5. The molecule has 0 unspecified atom stereocenters. The van der Waals surface area contributed by atoms with E-state index in [2.05, 4.69) is 10.4 Å². The lowest BCUT2D eigenvalue weighted by Gasteiger charge is -2.26. The van der Waals surface area contributed by atoms with E-state index in [9.17, 15) is 9.59 Å². The number of morpholine rings is 1. The van der Waals surface area contributed by atoms with Crippen LogP contribution in [-0.4, -0.2) is 48.1 Å². The lowest BCUT2D eigenvalue weighted by Crippen LogP contribution is -2.49. The van der Waals surface area contributed by atoms with Crippen LogP contribution in [0, 0.1) is 0 Å². The topological polar surface area (TPSA) is 71.5 Å². The molecule has 100 valence electrons. The summed E-state index contributed by atoms with van der Waals surface area (Å²) in [5.41, 5.74) is 3.39. The smallest absolute Gasteiger partial charge is 0.273 e. The third-order valence-electron chi connectivity index (χ3n) is 2.75. The zero-order valence-corrected chi connectivity index (χ0v) is 10.5. The average Bonchev–Trinajstić information content (AvgIpc) is 2.47. The van der Waals surface area contributed by atoms with E-state index >= 15 is 0 Å². The van der Waals surface area contributed by atoms with E-state index in [1.165, 1.54) is 0 Å². The number of hydrogen-bond donors (Lipinski definition) is 1. The minimum Gasteiger partial charge on any atom is -0.379 e. The van der Waals surface area contributed by atoms with Crippen LogP contribution in [0.2, 0.25) is 0 Å². The van der Waals surface area contributed by atoms with Crippen molar-refractivity contribution in [3.8, 4) is 0 Å². The third-order valence-corrected chi connectivity index (χ3v) is 2.75. The Kier molecular flexibility index (Phi) is 4.80. The molecule has 0 aliphatic carbocycles. The number of pyridine rings is 1. The molecule has 19 heavy (non-hydrogen) atoms. The first-order chi connectivity index (χ1) is 9.29. The largest absolute Gasteiger partial charge is 0.379 e. The molecule has 0 atom stereocenters.